The van der Waals surface area contributed by atoms with Crippen LogP contribution in [0.4, 0.5) is 15.3 Å². The lowest BCUT2D eigenvalue weighted by Gasteiger charge is -2.29. The number of primary amides is 1. The molecule has 0 fully saturated rings. The number of carbonyl (C=O) groups excluding carboxylic acids is 3. The van der Waals surface area contributed by atoms with Crippen molar-refractivity contribution in [3.05, 3.63) is 35.5 Å². The number of hydrogen-bond acceptors (Lipinski definition) is 5. The number of benzene rings is 1. The fraction of sp³-hybridized carbons (Fsp3) is 0.500. The van der Waals surface area contributed by atoms with E-state index in [1.807, 2.05) is 57.5 Å². The Morgan fingerprint density at radius 1 is 1.20 bits per heavy atom. The zero-order valence-corrected chi connectivity index (χ0v) is 21.5. The van der Waals surface area contributed by atoms with Crippen LogP contribution >= 0.6 is 0 Å². The van der Waals surface area contributed by atoms with Crippen molar-refractivity contribution in [1.29, 1.82) is 0 Å². The Kier molecular flexibility index (Phi) is 7.77. The second kappa shape index (κ2) is 10.4. The predicted octanol–water partition coefficient (Wildman–Crippen LogP) is 4.35. The van der Waals surface area contributed by atoms with Gasteiger partial charge in [0.1, 0.15) is 5.60 Å². The molecule has 2 aromatic rings. The number of fused-ring (bicyclic) bond motifs is 1. The van der Waals surface area contributed by atoms with Crippen LogP contribution in [0.15, 0.2) is 24.3 Å². The van der Waals surface area contributed by atoms with Gasteiger partial charge in [-0.2, -0.15) is 0 Å². The number of aromatic nitrogens is 1. The molecule has 9 heteroatoms. The molecule has 1 aliphatic heterocycles. The van der Waals surface area contributed by atoms with E-state index < -0.39 is 11.6 Å². The Morgan fingerprint density at radius 3 is 2.49 bits per heavy atom. The van der Waals surface area contributed by atoms with Crippen LogP contribution < -0.4 is 10.6 Å². The van der Waals surface area contributed by atoms with Crippen LogP contribution in [0.2, 0.25) is 0 Å². The van der Waals surface area contributed by atoms with Gasteiger partial charge < -0.3 is 24.7 Å². The molecule has 0 atom stereocenters. The molecule has 9 nitrogen and oxygen atoms in total. The van der Waals surface area contributed by atoms with E-state index in [-0.39, 0.29) is 31.6 Å². The zero-order chi connectivity index (χ0) is 25.9. The van der Waals surface area contributed by atoms with Gasteiger partial charge in [-0.15, -0.1) is 0 Å². The molecule has 2 heterocycles. The number of rotatable bonds is 6. The number of nitrogens with zero attached hydrogens (tertiary/aromatic N) is 3. The highest BCUT2D eigenvalue weighted by molar-refractivity contribution is 6.06. The van der Waals surface area contributed by atoms with Crippen molar-refractivity contribution in [2.45, 2.75) is 53.1 Å². The molecule has 1 aromatic carbocycles. The summed E-state index contributed by atoms with van der Waals surface area (Å²) in [5.41, 5.74) is 9.94. The van der Waals surface area contributed by atoms with Crippen LogP contribution in [-0.4, -0.2) is 59.4 Å². The smallest absolute Gasteiger partial charge is 0.410 e. The van der Waals surface area contributed by atoms with Crippen molar-refractivity contribution in [3.8, 4) is 0 Å². The van der Waals surface area contributed by atoms with E-state index in [1.165, 1.54) is 4.90 Å². The summed E-state index contributed by atoms with van der Waals surface area (Å²) in [6, 6.07) is 5.11. The Morgan fingerprint density at radius 2 is 1.91 bits per heavy atom. The molecular weight excluding hydrogens is 448 g/mol. The number of ether oxygens (including phenoxy) is 2. The van der Waals surface area contributed by atoms with Gasteiger partial charge in [0.25, 0.3) is 0 Å². The van der Waals surface area contributed by atoms with E-state index in [1.54, 1.807) is 11.8 Å². The molecule has 1 aliphatic rings. The van der Waals surface area contributed by atoms with E-state index >= 15 is 0 Å². The van der Waals surface area contributed by atoms with Gasteiger partial charge in [0, 0.05) is 43.3 Å². The standard InChI is InChI=1S/C26H36N4O5/c1-7-34-21(31)13-16-30(24(27)32)20-10-8-9-19-22(17(2)28(6)23(19)20)18-11-14-29(15-12-18)25(33)35-26(3,4)5/h8-11H,7,12-16H2,1-6H3,(H2,27,32). The summed E-state index contributed by atoms with van der Waals surface area (Å²) < 4.78 is 12.6. The Balaban J connectivity index is 1.95. The maximum atomic E-state index is 12.5. The Labute approximate surface area is 206 Å². The summed E-state index contributed by atoms with van der Waals surface area (Å²) in [6.45, 7) is 10.8. The van der Waals surface area contributed by atoms with Crippen LogP contribution in [0.1, 0.15) is 51.8 Å². The average molecular weight is 485 g/mol. The fourth-order valence-corrected chi connectivity index (χ4v) is 4.41. The molecule has 0 radical (unpaired) electrons. The van der Waals surface area contributed by atoms with E-state index in [0.717, 1.165) is 27.7 Å². The molecule has 2 N–H and O–H groups in total. The van der Waals surface area contributed by atoms with Crippen molar-refractivity contribution in [1.82, 2.24) is 9.47 Å². The number of para-hydroxylation sites is 1. The van der Waals surface area contributed by atoms with Crippen molar-refractivity contribution < 1.29 is 23.9 Å². The molecule has 0 bridgehead atoms. The lowest BCUT2D eigenvalue weighted by Crippen LogP contribution is -2.39. The van der Waals surface area contributed by atoms with Gasteiger partial charge in [-0.1, -0.05) is 18.2 Å². The zero-order valence-electron chi connectivity index (χ0n) is 21.5. The minimum absolute atomic E-state index is 0.0507. The number of aryl methyl sites for hydroxylation is 1. The molecule has 0 saturated heterocycles. The van der Waals surface area contributed by atoms with Gasteiger partial charge in [0.2, 0.25) is 0 Å². The molecule has 35 heavy (non-hydrogen) atoms. The van der Waals surface area contributed by atoms with Crippen LogP contribution in [0.25, 0.3) is 16.5 Å². The number of hydrogen-bond donors (Lipinski definition) is 1. The van der Waals surface area contributed by atoms with Gasteiger partial charge in [-0.25, -0.2) is 9.59 Å². The number of amides is 3. The highest BCUT2D eigenvalue weighted by Gasteiger charge is 2.27. The second-order valence-electron chi connectivity index (χ2n) is 9.64. The number of nitrogens with two attached hydrogens (primary N) is 1. The minimum Gasteiger partial charge on any atom is -0.466 e. The molecule has 3 rings (SSSR count). The molecule has 0 unspecified atom stereocenters. The van der Waals surface area contributed by atoms with Crippen LogP contribution in [-0.2, 0) is 21.3 Å². The first-order valence-electron chi connectivity index (χ1n) is 11.9. The van der Waals surface area contributed by atoms with Crippen LogP contribution in [0.5, 0.6) is 0 Å². The molecule has 0 aliphatic carbocycles. The Bertz CT molecular complexity index is 1160. The largest absolute Gasteiger partial charge is 0.466 e. The topological polar surface area (TPSA) is 107 Å². The average Bonchev–Trinajstić information content (AvgIpc) is 3.03. The van der Waals surface area contributed by atoms with Crippen molar-refractivity contribution in [2.75, 3.05) is 31.1 Å². The number of carbonyl (C=O) groups is 3. The molecule has 1 aromatic heterocycles. The lowest BCUT2D eigenvalue weighted by molar-refractivity contribution is -0.142. The highest BCUT2D eigenvalue weighted by atomic mass is 16.6. The summed E-state index contributed by atoms with van der Waals surface area (Å²) in [7, 11) is 1.95. The van der Waals surface area contributed by atoms with Crippen LogP contribution in [0.3, 0.4) is 0 Å². The van der Waals surface area contributed by atoms with E-state index in [2.05, 4.69) is 6.08 Å². The first-order chi connectivity index (χ1) is 16.4. The first-order valence-corrected chi connectivity index (χ1v) is 11.9. The number of esters is 1. The van der Waals surface area contributed by atoms with Crippen molar-refractivity contribution in [3.63, 3.8) is 0 Å². The monoisotopic (exact) mass is 484 g/mol. The van der Waals surface area contributed by atoms with E-state index in [0.29, 0.717) is 25.2 Å². The number of anilines is 1. The molecule has 190 valence electrons. The van der Waals surface area contributed by atoms with E-state index in [4.69, 9.17) is 15.2 Å². The van der Waals surface area contributed by atoms with Gasteiger partial charge >= 0.3 is 18.1 Å². The Hall–Kier alpha value is -3.49. The quantitative estimate of drug-likeness (QED) is 0.614. The normalized spacial score (nSPS) is 14.0. The SMILES string of the molecule is CCOC(=O)CCN(C(N)=O)c1cccc2c(C3=CCN(C(=O)OC(C)(C)C)CC3)c(C)n(C)c12. The third kappa shape index (κ3) is 5.78. The highest BCUT2D eigenvalue weighted by Crippen LogP contribution is 2.38. The van der Waals surface area contributed by atoms with Crippen molar-refractivity contribution in [2.24, 2.45) is 12.8 Å². The van der Waals surface area contributed by atoms with Gasteiger partial charge in [0.05, 0.1) is 24.2 Å². The summed E-state index contributed by atoms with van der Waals surface area (Å²) in [4.78, 5) is 39.8. The number of urea groups is 1. The van der Waals surface area contributed by atoms with Gasteiger partial charge in [-0.3, -0.25) is 9.69 Å². The molecule has 0 saturated carbocycles. The van der Waals surface area contributed by atoms with E-state index in [9.17, 15) is 14.4 Å². The first kappa shape index (κ1) is 26.1. The summed E-state index contributed by atoms with van der Waals surface area (Å²) >= 11 is 0. The maximum Gasteiger partial charge on any atom is 0.410 e. The predicted molar refractivity (Wildman–Crippen MR) is 136 cm³/mol. The molecule has 3 amide bonds. The van der Waals surface area contributed by atoms with Gasteiger partial charge in [-0.05, 0) is 52.7 Å². The van der Waals surface area contributed by atoms with Gasteiger partial charge in [0.15, 0.2) is 0 Å². The lowest BCUT2D eigenvalue weighted by atomic mass is 9.96. The maximum absolute atomic E-state index is 12.5. The van der Waals surface area contributed by atoms with Crippen LogP contribution in [0, 0.1) is 6.92 Å². The van der Waals surface area contributed by atoms with Crippen molar-refractivity contribution >= 4 is 40.3 Å². The minimum atomic E-state index is -0.632. The fourth-order valence-electron chi connectivity index (χ4n) is 4.41. The summed E-state index contributed by atoms with van der Waals surface area (Å²) in [5, 5.41) is 0.988. The summed E-state index contributed by atoms with van der Waals surface area (Å²) in [6.07, 6.45) is 2.48. The molecular formula is C26H36N4O5. The third-order valence-corrected chi connectivity index (χ3v) is 6.07. The second-order valence-corrected chi connectivity index (χ2v) is 9.64. The molecule has 0 spiro atoms. The summed E-state index contributed by atoms with van der Waals surface area (Å²) in [5.74, 6) is -0.378. The third-order valence-electron chi connectivity index (χ3n) is 6.07.